The largest absolute Gasteiger partial charge is 0.386 e. The van der Waals surface area contributed by atoms with E-state index in [0.29, 0.717) is 6.42 Å². The molecule has 0 bridgehead atoms. The van der Waals surface area contributed by atoms with Gasteiger partial charge in [0.2, 0.25) is 0 Å². The second-order valence-electron chi connectivity index (χ2n) is 4.64. The number of aromatic nitrogens is 2. The number of hydrogen-bond donors (Lipinski definition) is 1. The van der Waals surface area contributed by atoms with E-state index < -0.39 is 6.10 Å². The fraction of sp³-hybridized carbons (Fsp3) is 0.357. The monoisotopic (exact) mass is 308 g/mol. The van der Waals surface area contributed by atoms with Gasteiger partial charge >= 0.3 is 0 Å². The number of benzene rings is 1. The van der Waals surface area contributed by atoms with Crippen LogP contribution in [-0.4, -0.2) is 14.9 Å². The van der Waals surface area contributed by atoms with Gasteiger partial charge in [0.25, 0.3) is 0 Å². The van der Waals surface area contributed by atoms with E-state index in [1.165, 1.54) is 0 Å². The topological polar surface area (TPSA) is 38.0 Å². The van der Waals surface area contributed by atoms with Crippen molar-refractivity contribution in [1.82, 2.24) is 9.78 Å². The average Bonchev–Trinajstić information content (AvgIpc) is 2.77. The van der Waals surface area contributed by atoms with Crippen LogP contribution < -0.4 is 0 Å². The van der Waals surface area contributed by atoms with Gasteiger partial charge in [-0.2, -0.15) is 5.10 Å². The van der Waals surface area contributed by atoms with Crippen LogP contribution in [0.1, 0.15) is 37.3 Å². The van der Waals surface area contributed by atoms with Gasteiger partial charge in [-0.1, -0.05) is 28.1 Å². The summed E-state index contributed by atoms with van der Waals surface area (Å²) in [6.45, 7) is 4.12. The Labute approximate surface area is 116 Å². The summed E-state index contributed by atoms with van der Waals surface area (Å²) in [5.74, 6) is 0. The molecule has 0 aliphatic carbocycles. The molecule has 0 fully saturated rings. The second-order valence-corrected chi connectivity index (χ2v) is 5.56. The SMILES string of the molecule is CC(C)n1nccc1C(O)Cc1cccc(Br)c1. The van der Waals surface area contributed by atoms with Crippen LogP contribution in [0.15, 0.2) is 41.0 Å². The molecule has 0 aliphatic heterocycles. The van der Waals surface area contributed by atoms with Crippen molar-refractivity contribution < 1.29 is 5.11 Å². The van der Waals surface area contributed by atoms with Crippen LogP contribution in [0.3, 0.4) is 0 Å². The van der Waals surface area contributed by atoms with Gasteiger partial charge in [-0.05, 0) is 37.6 Å². The minimum atomic E-state index is -0.524. The molecule has 2 aromatic rings. The van der Waals surface area contributed by atoms with E-state index in [1.807, 2.05) is 35.0 Å². The summed E-state index contributed by atoms with van der Waals surface area (Å²) in [6.07, 6.45) is 1.81. The summed E-state index contributed by atoms with van der Waals surface area (Å²) in [4.78, 5) is 0. The highest BCUT2D eigenvalue weighted by atomic mass is 79.9. The summed E-state index contributed by atoms with van der Waals surface area (Å²) >= 11 is 3.44. The second kappa shape index (κ2) is 5.67. The highest BCUT2D eigenvalue weighted by Gasteiger charge is 2.15. The average molecular weight is 309 g/mol. The molecule has 0 saturated heterocycles. The molecule has 3 nitrogen and oxygen atoms in total. The molecule has 96 valence electrons. The first kappa shape index (κ1) is 13.3. The van der Waals surface area contributed by atoms with E-state index in [4.69, 9.17) is 0 Å². The van der Waals surface area contributed by atoms with Crippen molar-refractivity contribution in [3.63, 3.8) is 0 Å². The molecule has 0 radical (unpaired) electrons. The van der Waals surface area contributed by atoms with Gasteiger partial charge in [-0.25, -0.2) is 0 Å². The standard InChI is InChI=1S/C14H17BrN2O/c1-10(2)17-13(6-7-16-17)14(18)9-11-4-3-5-12(15)8-11/h3-8,10,14,18H,9H2,1-2H3. The number of halogens is 1. The van der Waals surface area contributed by atoms with Crippen LogP contribution in [0.5, 0.6) is 0 Å². The van der Waals surface area contributed by atoms with Crippen molar-refractivity contribution >= 4 is 15.9 Å². The Kier molecular flexibility index (Phi) is 4.19. The maximum atomic E-state index is 10.3. The van der Waals surface area contributed by atoms with Gasteiger partial charge in [0.05, 0.1) is 11.8 Å². The number of hydrogen-bond acceptors (Lipinski definition) is 2. The van der Waals surface area contributed by atoms with Crippen molar-refractivity contribution in [3.05, 3.63) is 52.3 Å². The van der Waals surface area contributed by atoms with Crippen LogP contribution in [0.4, 0.5) is 0 Å². The Bertz CT molecular complexity index is 522. The highest BCUT2D eigenvalue weighted by Crippen LogP contribution is 2.22. The summed E-state index contributed by atoms with van der Waals surface area (Å²) in [6, 6.07) is 10.1. The summed E-state index contributed by atoms with van der Waals surface area (Å²) in [5, 5.41) is 14.6. The van der Waals surface area contributed by atoms with E-state index in [-0.39, 0.29) is 6.04 Å². The van der Waals surface area contributed by atoms with E-state index in [1.54, 1.807) is 6.20 Å². The van der Waals surface area contributed by atoms with Gasteiger partial charge in [0.1, 0.15) is 0 Å². The Morgan fingerprint density at radius 2 is 2.11 bits per heavy atom. The lowest BCUT2D eigenvalue weighted by atomic mass is 10.1. The smallest absolute Gasteiger partial charge is 0.0996 e. The highest BCUT2D eigenvalue weighted by molar-refractivity contribution is 9.10. The zero-order chi connectivity index (χ0) is 13.1. The molecule has 1 heterocycles. The fourth-order valence-corrected chi connectivity index (χ4v) is 2.46. The first-order valence-electron chi connectivity index (χ1n) is 6.04. The minimum absolute atomic E-state index is 0.257. The predicted octanol–water partition coefficient (Wildman–Crippen LogP) is 3.50. The van der Waals surface area contributed by atoms with Gasteiger partial charge in [-0.3, -0.25) is 4.68 Å². The lowest BCUT2D eigenvalue weighted by molar-refractivity contribution is 0.164. The molecule has 1 aromatic carbocycles. The van der Waals surface area contributed by atoms with Crippen molar-refractivity contribution in [2.45, 2.75) is 32.4 Å². The Hall–Kier alpha value is -1.13. The first-order valence-corrected chi connectivity index (χ1v) is 6.83. The Morgan fingerprint density at radius 1 is 1.33 bits per heavy atom. The van der Waals surface area contributed by atoms with Crippen LogP contribution in [-0.2, 0) is 6.42 Å². The van der Waals surface area contributed by atoms with Crippen molar-refractivity contribution in [3.8, 4) is 0 Å². The van der Waals surface area contributed by atoms with E-state index in [2.05, 4.69) is 34.9 Å². The number of aliphatic hydroxyl groups excluding tert-OH is 1. The third kappa shape index (κ3) is 3.00. The predicted molar refractivity (Wildman–Crippen MR) is 75.4 cm³/mol. The summed E-state index contributed by atoms with van der Waals surface area (Å²) in [5.41, 5.74) is 1.97. The first-order chi connectivity index (χ1) is 8.58. The third-order valence-electron chi connectivity index (χ3n) is 2.85. The van der Waals surface area contributed by atoms with Crippen LogP contribution in [0, 0.1) is 0 Å². The molecule has 1 N–H and O–H groups in total. The van der Waals surface area contributed by atoms with Gasteiger partial charge < -0.3 is 5.11 Å². The van der Waals surface area contributed by atoms with Gasteiger partial charge in [0, 0.05) is 23.1 Å². The fourth-order valence-electron chi connectivity index (χ4n) is 2.01. The maximum Gasteiger partial charge on any atom is 0.0996 e. The lowest BCUT2D eigenvalue weighted by Crippen LogP contribution is -2.12. The molecule has 1 atom stereocenters. The van der Waals surface area contributed by atoms with Crippen molar-refractivity contribution in [2.75, 3.05) is 0 Å². The Morgan fingerprint density at radius 3 is 2.78 bits per heavy atom. The molecule has 2 rings (SSSR count). The minimum Gasteiger partial charge on any atom is -0.386 e. The normalized spacial score (nSPS) is 12.9. The third-order valence-corrected chi connectivity index (χ3v) is 3.34. The quantitative estimate of drug-likeness (QED) is 0.938. The molecular formula is C14H17BrN2O. The molecule has 4 heteroatoms. The van der Waals surface area contributed by atoms with Crippen molar-refractivity contribution in [2.24, 2.45) is 0 Å². The van der Waals surface area contributed by atoms with Crippen LogP contribution in [0.25, 0.3) is 0 Å². The summed E-state index contributed by atoms with van der Waals surface area (Å²) < 4.78 is 2.90. The number of rotatable bonds is 4. The van der Waals surface area contributed by atoms with Crippen molar-refractivity contribution in [1.29, 1.82) is 0 Å². The van der Waals surface area contributed by atoms with Crippen LogP contribution >= 0.6 is 15.9 Å². The molecule has 0 aliphatic rings. The van der Waals surface area contributed by atoms with Gasteiger partial charge in [0.15, 0.2) is 0 Å². The number of aliphatic hydroxyl groups is 1. The van der Waals surface area contributed by atoms with E-state index >= 15 is 0 Å². The molecule has 18 heavy (non-hydrogen) atoms. The zero-order valence-electron chi connectivity index (χ0n) is 10.5. The zero-order valence-corrected chi connectivity index (χ0v) is 12.1. The molecule has 0 amide bonds. The molecular weight excluding hydrogens is 292 g/mol. The summed E-state index contributed by atoms with van der Waals surface area (Å²) in [7, 11) is 0. The van der Waals surface area contributed by atoms with E-state index in [0.717, 1.165) is 15.7 Å². The van der Waals surface area contributed by atoms with Gasteiger partial charge in [-0.15, -0.1) is 0 Å². The molecule has 0 saturated carbocycles. The lowest BCUT2D eigenvalue weighted by Gasteiger charge is -2.16. The van der Waals surface area contributed by atoms with Crippen LogP contribution in [0.2, 0.25) is 0 Å². The van der Waals surface area contributed by atoms with E-state index in [9.17, 15) is 5.11 Å². The molecule has 0 spiro atoms. The molecule has 1 aromatic heterocycles. The Balaban J connectivity index is 2.17. The molecule has 1 unspecified atom stereocenters. The maximum absolute atomic E-state index is 10.3. The number of nitrogens with zero attached hydrogens (tertiary/aromatic N) is 2.